The first kappa shape index (κ1) is 24.9. The number of hydrogen-bond donors (Lipinski definition) is 2. The monoisotopic (exact) mass is 469 g/mol. The summed E-state index contributed by atoms with van der Waals surface area (Å²) in [6.45, 7) is 1.91. The van der Waals surface area contributed by atoms with Crippen LogP contribution in [0.25, 0.3) is 0 Å². The molecule has 3 rings (SSSR count). The number of Topliss-reactive ketones (excluding diaryl/α,β-unsaturated/α-hetero) is 1. The van der Waals surface area contributed by atoms with Crippen molar-refractivity contribution < 1.29 is 38.7 Å². The highest BCUT2D eigenvalue weighted by molar-refractivity contribution is 5.98. The van der Waals surface area contributed by atoms with Crippen LogP contribution in [-0.4, -0.2) is 55.7 Å². The summed E-state index contributed by atoms with van der Waals surface area (Å²) in [4.78, 5) is 49.5. The zero-order chi connectivity index (χ0) is 24.3. The van der Waals surface area contributed by atoms with Crippen LogP contribution < -0.4 is 10.6 Å². The number of nitrogens with two attached hydrogens (primary N) is 1. The predicted octanol–water partition coefficient (Wildman–Crippen LogP) is 1.22. The second-order valence-corrected chi connectivity index (χ2v) is 8.20. The van der Waals surface area contributed by atoms with Crippen LogP contribution in [0.3, 0.4) is 0 Å². The topological polar surface area (TPSA) is 125 Å². The van der Waals surface area contributed by atoms with Gasteiger partial charge in [0, 0.05) is 17.9 Å². The van der Waals surface area contributed by atoms with Gasteiger partial charge in [-0.1, -0.05) is 67.6 Å². The quantitative estimate of drug-likeness (QED) is 0.305. The van der Waals surface area contributed by atoms with Crippen molar-refractivity contribution in [2.75, 3.05) is 19.8 Å². The summed E-state index contributed by atoms with van der Waals surface area (Å²) in [5.74, 6) is -1.39. The highest BCUT2D eigenvalue weighted by atomic mass is 16.6. The van der Waals surface area contributed by atoms with Crippen molar-refractivity contribution >= 4 is 23.8 Å². The average Bonchev–Trinajstić information content (AvgIpc) is 3.31. The normalized spacial score (nSPS) is 17.9. The number of hydrogen-bond acceptors (Lipinski definition) is 7. The molecule has 0 aliphatic carbocycles. The molecule has 0 spiro atoms. The molecule has 3 atom stereocenters. The van der Waals surface area contributed by atoms with E-state index in [0.29, 0.717) is 17.9 Å². The van der Waals surface area contributed by atoms with E-state index in [9.17, 15) is 19.2 Å². The Morgan fingerprint density at radius 3 is 2.29 bits per heavy atom. The summed E-state index contributed by atoms with van der Waals surface area (Å²) in [7, 11) is 0. The Labute approximate surface area is 197 Å². The number of esters is 2. The van der Waals surface area contributed by atoms with Crippen molar-refractivity contribution in [2.45, 2.75) is 32.0 Å². The summed E-state index contributed by atoms with van der Waals surface area (Å²) in [6.07, 6.45) is -0.205. The molecule has 180 valence electrons. The number of benzene rings is 2. The van der Waals surface area contributed by atoms with Crippen LogP contribution in [0.4, 0.5) is 4.79 Å². The molecule has 0 radical (unpaired) electrons. The molecule has 9 heteroatoms. The SMILES string of the molecule is C[C@@H]1C[NH2+][C@@H](C(=O)OC[C@H](NC(=O)OCc2ccccc2)C(=O)OCC(=O)c2ccccc2)C1. The standard InChI is InChI=1S/C25H28N2O7/c1-17-12-20(26-13-17)23(29)32-15-21(27-25(31)34-14-18-8-4-2-5-9-18)24(30)33-16-22(28)19-10-6-3-7-11-19/h2-11,17,20-21,26H,12-16H2,1H3,(H,27,31)/p+1/t17-,20+,21-/m0/s1. The second-order valence-electron chi connectivity index (χ2n) is 8.20. The highest BCUT2D eigenvalue weighted by Gasteiger charge is 2.34. The number of quaternary nitrogens is 1. The van der Waals surface area contributed by atoms with Crippen molar-refractivity contribution in [1.29, 1.82) is 0 Å². The van der Waals surface area contributed by atoms with Gasteiger partial charge in [0.25, 0.3) is 0 Å². The molecular formula is C25H29N2O7+. The smallest absolute Gasteiger partial charge is 0.408 e. The Bertz CT molecular complexity index is 981. The lowest BCUT2D eigenvalue weighted by Crippen LogP contribution is -2.88. The maximum Gasteiger partial charge on any atom is 0.408 e. The number of ether oxygens (including phenoxy) is 3. The molecule has 0 aromatic heterocycles. The van der Waals surface area contributed by atoms with Gasteiger partial charge in [0.2, 0.25) is 0 Å². The number of rotatable bonds is 10. The van der Waals surface area contributed by atoms with Crippen LogP contribution in [0.1, 0.15) is 29.3 Å². The van der Waals surface area contributed by atoms with Gasteiger partial charge in [-0.2, -0.15) is 0 Å². The maximum atomic E-state index is 12.6. The Morgan fingerprint density at radius 2 is 1.65 bits per heavy atom. The number of amides is 1. The van der Waals surface area contributed by atoms with Gasteiger partial charge in [-0.15, -0.1) is 0 Å². The molecule has 1 fully saturated rings. The number of nitrogens with one attached hydrogen (secondary N) is 1. The lowest BCUT2D eigenvalue weighted by atomic mass is 10.1. The Morgan fingerprint density at radius 1 is 0.971 bits per heavy atom. The van der Waals surface area contributed by atoms with Crippen molar-refractivity contribution in [3.63, 3.8) is 0 Å². The first-order valence-electron chi connectivity index (χ1n) is 11.1. The third-order valence-corrected chi connectivity index (χ3v) is 5.40. The van der Waals surface area contributed by atoms with Gasteiger partial charge in [-0.05, 0) is 5.56 Å². The fraction of sp³-hybridized carbons (Fsp3) is 0.360. The van der Waals surface area contributed by atoms with Crippen LogP contribution in [0, 0.1) is 5.92 Å². The minimum absolute atomic E-state index is 0.00432. The Hall–Kier alpha value is -3.72. The first-order chi connectivity index (χ1) is 16.4. The zero-order valence-corrected chi connectivity index (χ0v) is 19.0. The van der Waals surface area contributed by atoms with Crippen LogP contribution in [0.15, 0.2) is 60.7 Å². The fourth-order valence-electron chi connectivity index (χ4n) is 3.51. The van der Waals surface area contributed by atoms with E-state index in [1.807, 2.05) is 18.3 Å². The van der Waals surface area contributed by atoms with E-state index in [4.69, 9.17) is 14.2 Å². The van der Waals surface area contributed by atoms with E-state index in [1.165, 1.54) is 0 Å². The maximum absolute atomic E-state index is 12.6. The van der Waals surface area contributed by atoms with Crippen molar-refractivity contribution in [3.8, 4) is 0 Å². The molecule has 1 aliphatic heterocycles. The lowest BCUT2D eigenvalue weighted by molar-refractivity contribution is -0.660. The zero-order valence-electron chi connectivity index (χ0n) is 19.0. The van der Waals surface area contributed by atoms with Gasteiger partial charge in [-0.3, -0.25) is 4.79 Å². The van der Waals surface area contributed by atoms with Gasteiger partial charge in [0.15, 0.2) is 24.5 Å². The largest absolute Gasteiger partial charge is 0.458 e. The highest BCUT2D eigenvalue weighted by Crippen LogP contribution is 2.09. The number of carbonyl (C=O) groups excluding carboxylic acids is 4. The molecule has 1 amide bonds. The number of ketones is 1. The molecule has 1 saturated heterocycles. The average molecular weight is 470 g/mol. The molecule has 3 N–H and O–H groups in total. The van der Waals surface area contributed by atoms with Crippen molar-refractivity contribution in [1.82, 2.24) is 5.32 Å². The molecule has 2 aromatic rings. The minimum atomic E-state index is -1.32. The van der Waals surface area contributed by atoms with E-state index < -0.39 is 43.1 Å². The summed E-state index contributed by atoms with van der Waals surface area (Å²) >= 11 is 0. The third-order valence-electron chi connectivity index (χ3n) is 5.40. The molecular weight excluding hydrogens is 440 g/mol. The van der Waals surface area contributed by atoms with Crippen LogP contribution >= 0.6 is 0 Å². The van der Waals surface area contributed by atoms with Gasteiger partial charge in [0.05, 0.1) is 6.54 Å². The van der Waals surface area contributed by atoms with Crippen LogP contribution in [-0.2, 0) is 30.4 Å². The van der Waals surface area contributed by atoms with Crippen molar-refractivity contribution in [2.24, 2.45) is 5.92 Å². The minimum Gasteiger partial charge on any atom is -0.458 e. The summed E-state index contributed by atoms with van der Waals surface area (Å²) in [6, 6.07) is 15.7. The van der Waals surface area contributed by atoms with Crippen LogP contribution in [0.5, 0.6) is 0 Å². The summed E-state index contributed by atoms with van der Waals surface area (Å²) < 4.78 is 15.5. The summed E-state index contributed by atoms with van der Waals surface area (Å²) in [5.41, 5.74) is 1.15. The van der Waals surface area contributed by atoms with E-state index in [0.717, 1.165) is 12.1 Å². The molecule has 34 heavy (non-hydrogen) atoms. The number of carbonyl (C=O) groups is 4. The van der Waals surface area contributed by atoms with E-state index in [2.05, 4.69) is 5.32 Å². The number of alkyl carbamates (subject to hydrolysis) is 1. The van der Waals surface area contributed by atoms with E-state index in [-0.39, 0.29) is 12.6 Å². The lowest BCUT2D eigenvalue weighted by Gasteiger charge is -2.18. The first-order valence-corrected chi connectivity index (χ1v) is 11.1. The van der Waals surface area contributed by atoms with Crippen molar-refractivity contribution in [3.05, 3.63) is 71.8 Å². The molecule has 0 unspecified atom stereocenters. The van der Waals surface area contributed by atoms with Gasteiger partial charge >= 0.3 is 18.0 Å². The molecule has 0 saturated carbocycles. The summed E-state index contributed by atoms with van der Waals surface area (Å²) in [5, 5.41) is 4.26. The predicted molar refractivity (Wildman–Crippen MR) is 121 cm³/mol. The van der Waals surface area contributed by atoms with Gasteiger partial charge < -0.3 is 24.8 Å². The van der Waals surface area contributed by atoms with Crippen LogP contribution in [0.2, 0.25) is 0 Å². The molecule has 0 bridgehead atoms. The second kappa shape index (κ2) is 12.5. The molecule has 9 nitrogen and oxygen atoms in total. The Kier molecular flexibility index (Phi) is 9.16. The molecule has 1 heterocycles. The molecule has 1 aliphatic rings. The molecule has 2 aromatic carbocycles. The van der Waals surface area contributed by atoms with Gasteiger partial charge in [0.1, 0.15) is 13.2 Å². The third kappa shape index (κ3) is 7.70. The Balaban J connectivity index is 1.56. The van der Waals surface area contributed by atoms with E-state index >= 15 is 0 Å². The van der Waals surface area contributed by atoms with E-state index in [1.54, 1.807) is 54.6 Å². The fourth-order valence-corrected chi connectivity index (χ4v) is 3.51. The van der Waals surface area contributed by atoms with Gasteiger partial charge in [-0.25, -0.2) is 14.4 Å².